The second-order valence-electron chi connectivity index (χ2n) is 7.16. The van der Waals surface area contributed by atoms with Gasteiger partial charge in [0.05, 0.1) is 21.8 Å². The molecule has 4 nitrogen and oxygen atoms in total. The summed E-state index contributed by atoms with van der Waals surface area (Å²) in [5.74, 6) is -1.48. The Morgan fingerprint density at radius 2 is 2.00 bits per heavy atom. The van der Waals surface area contributed by atoms with Crippen LogP contribution in [0.3, 0.4) is 0 Å². The molecule has 0 radical (unpaired) electrons. The molecule has 0 saturated carbocycles. The molecule has 2 aromatic rings. The van der Waals surface area contributed by atoms with Gasteiger partial charge in [-0.3, -0.25) is 4.99 Å². The quantitative estimate of drug-likeness (QED) is 0.702. The van der Waals surface area contributed by atoms with E-state index in [-0.39, 0.29) is 16.8 Å². The highest BCUT2D eigenvalue weighted by atomic mass is 35.5. The van der Waals surface area contributed by atoms with Crippen LogP contribution < -0.4 is 4.90 Å². The molecule has 1 heterocycles. The Morgan fingerprint density at radius 1 is 1.30 bits per heavy atom. The fourth-order valence-electron chi connectivity index (χ4n) is 3.17. The van der Waals surface area contributed by atoms with E-state index in [0.717, 1.165) is 16.8 Å². The molecule has 0 aromatic heterocycles. The Bertz CT molecular complexity index is 996. The minimum atomic E-state index is -1.07. The number of hydrogen-bond acceptors (Lipinski definition) is 3. The topological polar surface area (TPSA) is 52.9 Å². The van der Waals surface area contributed by atoms with Crippen molar-refractivity contribution in [3.63, 3.8) is 0 Å². The second-order valence-corrected chi connectivity index (χ2v) is 7.57. The van der Waals surface area contributed by atoms with Gasteiger partial charge < -0.3 is 10.0 Å². The van der Waals surface area contributed by atoms with E-state index < -0.39 is 11.8 Å². The number of anilines is 1. The van der Waals surface area contributed by atoms with Crippen molar-refractivity contribution in [2.24, 2.45) is 4.99 Å². The molecule has 1 aliphatic heterocycles. The maximum absolute atomic E-state index is 14.7. The SMILES string of the molecule is CC1=CC(C)(C)N(C)c2cc(F)c(C=Nc3cc(C(=O)O)ccc3Cl)cc21. The molecule has 0 fully saturated rings. The first kappa shape index (κ1) is 19.1. The zero-order chi connectivity index (χ0) is 19.9. The third-order valence-electron chi connectivity index (χ3n) is 4.87. The predicted molar refractivity (Wildman–Crippen MR) is 108 cm³/mol. The van der Waals surface area contributed by atoms with Crippen LogP contribution in [0.4, 0.5) is 15.8 Å². The molecule has 0 saturated heterocycles. The smallest absolute Gasteiger partial charge is 0.335 e. The molecule has 3 rings (SSSR count). The number of hydrogen-bond donors (Lipinski definition) is 1. The van der Waals surface area contributed by atoms with Crippen molar-refractivity contribution in [2.75, 3.05) is 11.9 Å². The molecule has 0 bridgehead atoms. The van der Waals surface area contributed by atoms with Crippen LogP contribution in [0.25, 0.3) is 5.57 Å². The largest absolute Gasteiger partial charge is 0.478 e. The van der Waals surface area contributed by atoms with Gasteiger partial charge >= 0.3 is 5.97 Å². The summed E-state index contributed by atoms with van der Waals surface area (Å²) in [6.45, 7) is 6.15. The first-order valence-electron chi connectivity index (χ1n) is 8.44. The van der Waals surface area contributed by atoms with Gasteiger partial charge in [0.2, 0.25) is 0 Å². The summed E-state index contributed by atoms with van der Waals surface area (Å²) in [5, 5.41) is 9.39. The van der Waals surface area contributed by atoms with Crippen LogP contribution in [0.5, 0.6) is 0 Å². The highest BCUT2D eigenvalue weighted by Gasteiger charge is 2.29. The lowest BCUT2D eigenvalue weighted by Crippen LogP contribution is -2.42. The third-order valence-corrected chi connectivity index (χ3v) is 5.19. The summed E-state index contributed by atoms with van der Waals surface area (Å²) in [6, 6.07) is 7.48. The van der Waals surface area contributed by atoms with Crippen molar-refractivity contribution in [3.8, 4) is 0 Å². The predicted octanol–water partition coefficient (Wildman–Crippen LogP) is 5.56. The minimum Gasteiger partial charge on any atom is -0.478 e. The molecule has 1 aliphatic rings. The summed E-state index contributed by atoms with van der Waals surface area (Å²) in [4.78, 5) is 17.3. The van der Waals surface area contributed by atoms with E-state index in [0.29, 0.717) is 10.6 Å². The molecule has 0 atom stereocenters. The van der Waals surface area contributed by atoms with Crippen LogP contribution in [-0.4, -0.2) is 29.9 Å². The molecule has 0 amide bonds. The van der Waals surface area contributed by atoms with E-state index in [2.05, 4.69) is 24.9 Å². The van der Waals surface area contributed by atoms with Crippen molar-refractivity contribution in [2.45, 2.75) is 26.3 Å². The lowest BCUT2D eigenvalue weighted by molar-refractivity contribution is 0.0697. The van der Waals surface area contributed by atoms with Crippen LogP contribution in [0.2, 0.25) is 5.02 Å². The number of carboxylic acids is 1. The standard InChI is InChI=1S/C21H20ClFN2O2/c1-12-10-21(2,3)25(4)19-9-17(23)14(7-15(12)19)11-24-18-8-13(20(26)27)5-6-16(18)22/h5-11H,1-4H3,(H,26,27). The van der Waals surface area contributed by atoms with E-state index in [1.54, 1.807) is 6.07 Å². The third kappa shape index (κ3) is 3.60. The van der Waals surface area contributed by atoms with Crippen LogP contribution >= 0.6 is 11.6 Å². The molecule has 6 heteroatoms. The van der Waals surface area contributed by atoms with Gasteiger partial charge in [-0.25, -0.2) is 9.18 Å². The Hall–Kier alpha value is -2.66. The number of carbonyl (C=O) groups is 1. The number of aliphatic imine (C=N–C) groups is 1. The maximum Gasteiger partial charge on any atom is 0.335 e. The van der Waals surface area contributed by atoms with Crippen LogP contribution in [-0.2, 0) is 0 Å². The summed E-state index contributed by atoms with van der Waals surface area (Å²) in [7, 11) is 1.94. The van der Waals surface area contributed by atoms with Gasteiger partial charge in [-0.1, -0.05) is 17.7 Å². The van der Waals surface area contributed by atoms with Crippen molar-refractivity contribution in [1.29, 1.82) is 0 Å². The van der Waals surface area contributed by atoms with E-state index in [1.807, 2.05) is 18.9 Å². The molecule has 140 valence electrons. The number of benzene rings is 2. The number of carboxylic acid groups (broad SMARTS) is 1. The minimum absolute atomic E-state index is 0.0695. The fraction of sp³-hybridized carbons (Fsp3) is 0.238. The van der Waals surface area contributed by atoms with Gasteiger partial charge in [0.25, 0.3) is 0 Å². The van der Waals surface area contributed by atoms with Gasteiger partial charge in [-0.15, -0.1) is 0 Å². The highest BCUT2D eigenvalue weighted by Crippen LogP contribution is 2.39. The van der Waals surface area contributed by atoms with Crippen LogP contribution in [0.1, 0.15) is 42.3 Å². The Kier molecular flexibility index (Phi) is 4.82. The average Bonchev–Trinajstić information content (AvgIpc) is 2.59. The monoisotopic (exact) mass is 386 g/mol. The molecule has 2 aromatic carbocycles. The second kappa shape index (κ2) is 6.82. The molecular weight excluding hydrogens is 367 g/mol. The number of rotatable bonds is 3. The van der Waals surface area contributed by atoms with E-state index in [1.165, 1.54) is 30.5 Å². The number of halogens is 2. The van der Waals surface area contributed by atoms with Crippen molar-refractivity contribution in [3.05, 3.63) is 63.9 Å². The average molecular weight is 387 g/mol. The zero-order valence-corrected chi connectivity index (χ0v) is 16.3. The summed E-state index contributed by atoms with van der Waals surface area (Å²) in [6.07, 6.45) is 3.51. The summed E-state index contributed by atoms with van der Waals surface area (Å²) in [5.41, 5.74) is 3.27. The van der Waals surface area contributed by atoms with Gasteiger partial charge in [0.1, 0.15) is 5.82 Å². The van der Waals surface area contributed by atoms with Gasteiger partial charge in [-0.2, -0.15) is 0 Å². The fourth-order valence-corrected chi connectivity index (χ4v) is 3.34. The zero-order valence-electron chi connectivity index (χ0n) is 15.5. The lowest BCUT2D eigenvalue weighted by atomic mass is 9.88. The first-order chi connectivity index (χ1) is 12.6. The molecule has 27 heavy (non-hydrogen) atoms. The first-order valence-corrected chi connectivity index (χ1v) is 8.82. The number of aromatic carboxylic acids is 1. The lowest BCUT2D eigenvalue weighted by Gasteiger charge is -2.40. The van der Waals surface area contributed by atoms with Crippen molar-refractivity contribution < 1.29 is 14.3 Å². The molecule has 0 unspecified atom stereocenters. The Morgan fingerprint density at radius 3 is 2.67 bits per heavy atom. The molecular formula is C21H20ClFN2O2. The highest BCUT2D eigenvalue weighted by molar-refractivity contribution is 6.33. The Labute approximate surface area is 162 Å². The number of fused-ring (bicyclic) bond motifs is 1. The van der Waals surface area contributed by atoms with Crippen LogP contribution in [0.15, 0.2) is 41.4 Å². The normalized spacial score (nSPS) is 15.6. The van der Waals surface area contributed by atoms with Crippen molar-refractivity contribution >= 4 is 40.7 Å². The van der Waals surface area contributed by atoms with E-state index in [9.17, 15) is 9.18 Å². The summed E-state index contributed by atoms with van der Waals surface area (Å²) >= 11 is 6.08. The number of likely N-dealkylation sites (N-methyl/N-ethyl adjacent to an activating group) is 1. The van der Waals surface area contributed by atoms with E-state index in [4.69, 9.17) is 16.7 Å². The molecule has 1 N–H and O–H groups in total. The number of allylic oxidation sites excluding steroid dienone is 1. The number of nitrogens with zero attached hydrogens (tertiary/aromatic N) is 2. The van der Waals surface area contributed by atoms with Crippen LogP contribution in [0, 0.1) is 5.82 Å². The van der Waals surface area contributed by atoms with Crippen molar-refractivity contribution in [1.82, 2.24) is 0 Å². The van der Waals surface area contributed by atoms with Gasteiger partial charge in [-0.05, 0) is 56.7 Å². The van der Waals surface area contributed by atoms with E-state index >= 15 is 0 Å². The molecule has 0 spiro atoms. The van der Waals surface area contributed by atoms with Gasteiger partial charge in [0, 0.05) is 30.1 Å². The maximum atomic E-state index is 14.7. The Balaban J connectivity index is 2.03. The summed E-state index contributed by atoms with van der Waals surface area (Å²) < 4.78 is 14.7. The molecule has 0 aliphatic carbocycles. The van der Waals surface area contributed by atoms with Gasteiger partial charge in [0.15, 0.2) is 0 Å².